The molecule has 0 radical (unpaired) electrons. The fraction of sp³-hybridized carbons (Fsp3) is 0.105. The number of rotatable bonds is 5. The predicted molar refractivity (Wildman–Crippen MR) is 101 cm³/mol. The standard InChI is InChI=1S/C19H18N6O/c1-12-5-7-14(8-6-12)21-19-20-13(2)10-17(23-19)22-18-11-15(24-25-18)16-4-3-9-26-16/h3-11H,1-2H3,(H3,20,21,22,23,24,25). The SMILES string of the molecule is Cc1ccc(Nc2nc(C)cc(Nc3cc(-c4ccco4)[nH]n3)n2)cc1. The summed E-state index contributed by atoms with van der Waals surface area (Å²) in [7, 11) is 0. The van der Waals surface area contributed by atoms with E-state index in [4.69, 9.17) is 4.42 Å². The van der Waals surface area contributed by atoms with Crippen LogP contribution in [0, 0.1) is 13.8 Å². The maximum Gasteiger partial charge on any atom is 0.229 e. The highest BCUT2D eigenvalue weighted by Gasteiger charge is 2.08. The Balaban J connectivity index is 1.53. The zero-order valence-corrected chi connectivity index (χ0v) is 14.4. The van der Waals surface area contributed by atoms with Gasteiger partial charge < -0.3 is 15.1 Å². The second-order valence-corrected chi connectivity index (χ2v) is 5.98. The van der Waals surface area contributed by atoms with Gasteiger partial charge in [0.15, 0.2) is 11.6 Å². The van der Waals surface area contributed by atoms with Gasteiger partial charge in [0.05, 0.1) is 6.26 Å². The molecule has 4 rings (SSSR count). The van der Waals surface area contributed by atoms with Crippen LogP contribution in [0.1, 0.15) is 11.3 Å². The third-order valence-electron chi connectivity index (χ3n) is 3.78. The molecule has 4 aromatic rings. The van der Waals surface area contributed by atoms with Gasteiger partial charge in [-0.05, 0) is 38.1 Å². The van der Waals surface area contributed by atoms with E-state index in [1.807, 2.05) is 55.5 Å². The van der Waals surface area contributed by atoms with Crippen molar-refractivity contribution in [2.75, 3.05) is 10.6 Å². The summed E-state index contributed by atoms with van der Waals surface area (Å²) in [6, 6.07) is 15.5. The smallest absolute Gasteiger partial charge is 0.229 e. The van der Waals surface area contributed by atoms with Crippen molar-refractivity contribution in [1.29, 1.82) is 0 Å². The van der Waals surface area contributed by atoms with Crippen LogP contribution in [-0.2, 0) is 0 Å². The summed E-state index contributed by atoms with van der Waals surface area (Å²) in [6.45, 7) is 3.97. The topological polar surface area (TPSA) is 91.7 Å². The normalized spacial score (nSPS) is 10.7. The number of aryl methyl sites for hydroxylation is 2. The number of hydrogen-bond donors (Lipinski definition) is 3. The van der Waals surface area contributed by atoms with Crippen LogP contribution in [0.3, 0.4) is 0 Å². The molecule has 0 spiro atoms. The first-order chi connectivity index (χ1) is 12.7. The highest BCUT2D eigenvalue weighted by molar-refractivity contribution is 5.62. The first-order valence-electron chi connectivity index (χ1n) is 8.21. The van der Waals surface area contributed by atoms with Crippen LogP contribution in [0.2, 0.25) is 0 Å². The lowest BCUT2D eigenvalue weighted by molar-refractivity contribution is 0.580. The molecule has 3 aromatic heterocycles. The summed E-state index contributed by atoms with van der Waals surface area (Å²) in [5, 5.41) is 13.6. The number of benzene rings is 1. The third-order valence-corrected chi connectivity index (χ3v) is 3.78. The third kappa shape index (κ3) is 3.56. The molecule has 0 unspecified atom stereocenters. The van der Waals surface area contributed by atoms with E-state index < -0.39 is 0 Å². The molecular formula is C19H18N6O. The van der Waals surface area contributed by atoms with Gasteiger partial charge >= 0.3 is 0 Å². The van der Waals surface area contributed by atoms with Crippen molar-refractivity contribution >= 4 is 23.3 Å². The van der Waals surface area contributed by atoms with Crippen LogP contribution in [0.5, 0.6) is 0 Å². The zero-order chi connectivity index (χ0) is 17.9. The lowest BCUT2D eigenvalue weighted by Gasteiger charge is -2.09. The van der Waals surface area contributed by atoms with E-state index in [1.165, 1.54) is 5.56 Å². The number of nitrogens with zero attached hydrogens (tertiary/aromatic N) is 3. The molecule has 0 aliphatic heterocycles. The number of anilines is 4. The minimum absolute atomic E-state index is 0.526. The van der Waals surface area contributed by atoms with E-state index in [2.05, 4.69) is 37.7 Å². The van der Waals surface area contributed by atoms with Gasteiger partial charge in [-0.1, -0.05) is 17.7 Å². The average molecular weight is 346 g/mol. The molecule has 0 amide bonds. The summed E-state index contributed by atoms with van der Waals surface area (Å²) in [6.07, 6.45) is 1.63. The molecule has 3 heterocycles. The molecular weight excluding hydrogens is 328 g/mol. The summed E-state index contributed by atoms with van der Waals surface area (Å²) in [4.78, 5) is 8.94. The minimum atomic E-state index is 0.526. The molecule has 3 N–H and O–H groups in total. The summed E-state index contributed by atoms with van der Waals surface area (Å²) < 4.78 is 5.36. The molecule has 0 aliphatic rings. The molecule has 26 heavy (non-hydrogen) atoms. The van der Waals surface area contributed by atoms with Gasteiger partial charge in [0.1, 0.15) is 11.5 Å². The Hall–Kier alpha value is -3.61. The van der Waals surface area contributed by atoms with Crippen molar-refractivity contribution in [3.63, 3.8) is 0 Å². The van der Waals surface area contributed by atoms with Crippen molar-refractivity contribution in [3.8, 4) is 11.5 Å². The predicted octanol–water partition coefficient (Wildman–Crippen LogP) is 4.56. The molecule has 1 aromatic carbocycles. The van der Waals surface area contributed by atoms with E-state index in [-0.39, 0.29) is 0 Å². The fourth-order valence-electron chi connectivity index (χ4n) is 2.53. The van der Waals surface area contributed by atoms with Crippen LogP contribution >= 0.6 is 0 Å². The van der Waals surface area contributed by atoms with Gasteiger partial charge in [-0.2, -0.15) is 10.1 Å². The Morgan fingerprint density at radius 2 is 1.77 bits per heavy atom. The molecule has 0 bridgehead atoms. The second-order valence-electron chi connectivity index (χ2n) is 5.98. The number of nitrogens with one attached hydrogen (secondary N) is 3. The van der Waals surface area contributed by atoms with Crippen molar-refractivity contribution in [1.82, 2.24) is 20.2 Å². The Kier molecular flexibility index (Phi) is 4.10. The molecule has 0 saturated heterocycles. The van der Waals surface area contributed by atoms with Gasteiger partial charge in [0, 0.05) is 23.5 Å². The maximum atomic E-state index is 5.36. The van der Waals surface area contributed by atoms with E-state index >= 15 is 0 Å². The van der Waals surface area contributed by atoms with Crippen molar-refractivity contribution in [2.24, 2.45) is 0 Å². The number of hydrogen-bond acceptors (Lipinski definition) is 6. The van der Waals surface area contributed by atoms with E-state index in [0.29, 0.717) is 17.6 Å². The fourth-order valence-corrected chi connectivity index (χ4v) is 2.53. The number of aromatic amines is 1. The van der Waals surface area contributed by atoms with Crippen LogP contribution in [0.25, 0.3) is 11.5 Å². The zero-order valence-electron chi connectivity index (χ0n) is 14.4. The van der Waals surface area contributed by atoms with E-state index in [1.54, 1.807) is 6.26 Å². The molecule has 0 atom stereocenters. The molecule has 0 aliphatic carbocycles. The van der Waals surface area contributed by atoms with E-state index in [9.17, 15) is 0 Å². The highest BCUT2D eigenvalue weighted by atomic mass is 16.3. The van der Waals surface area contributed by atoms with Gasteiger partial charge in [-0.3, -0.25) is 5.10 Å². The van der Waals surface area contributed by atoms with Gasteiger partial charge in [0.25, 0.3) is 0 Å². The molecule has 130 valence electrons. The van der Waals surface area contributed by atoms with Crippen molar-refractivity contribution < 1.29 is 4.42 Å². The van der Waals surface area contributed by atoms with Crippen LogP contribution < -0.4 is 10.6 Å². The minimum Gasteiger partial charge on any atom is -0.463 e. The summed E-state index contributed by atoms with van der Waals surface area (Å²) in [5.74, 6) is 2.56. The second kappa shape index (κ2) is 6.72. The van der Waals surface area contributed by atoms with Gasteiger partial charge in [-0.25, -0.2) is 4.98 Å². The largest absolute Gasteiger partial charge is 0.463 e. The van der Waals surface area contributed by atoms with E-state index in [0.717, 1.165) is 22.8 Å². The van der Waals surface area contributed by atoms with Crippen LogP contribution in [0.15, 0.2) is 59.2 Å². The number of furan rings is 1. The Morgan fingerprint density at radius 3 is 2.54 bits per heavy atom. The lowest BCUT2D eigenvalue weighted by Crippen LogP contribution is -2.02. The average Bonchev–Trinajstić information content (AvgIpc) is 3.28. The molecule has 7 heteroatoms. The van der Waals surface area contributed by atoms with Gasteiger partial charge in [-0.15, -0.1) is 0 Å². The van der Waals surface area contributed by atoms with Crippen LogP contribution in [-0.4, -0.2) is 20.2 Å². The molecule has 7 nitrogen and oxygen atoms in total. The first kappa shape index (κ1) is 15.9. The lowest BCUT2D eigenvalue weighted by atomic mass is 10.2. The van der Waals surface area contributed by atoms with Crippen molar-refractivity contribution in [3.05, 3.63) is 66.1 Å². The monoisotopic (exact) mass is 346 g/mol. The number of aromatic nitrogens is 4. The molecule has 0 saturated carbocycles. The van der Waals surface area contributed by atoms with Crippen LogP contribution in [0.4, 0.5) is 23.3 Å². The van der Waals surface area contributed by atoms with Crippen molar-refractivity contribution in [2.45, 2.75) is 13.8 Å². The quantitative estimate of drug-likeness (QED) is 0.490. The summed E-state index contributed by atoms with van der Waals surface area (Å²) >= 11 is 0. The Bertz CT molecular complexity index is 1000. The Labute approximate surface area is 150 Å². The summed E-state index contributed by atoms with van der Waals surface area (Å²) in [5.41, 5.74) is 3.78. The number of H-pyrrole nitrogens is 1. The highest BCUT2D eigenvalue weighted by Crippen LogP contribution is 2.23. The first-order valence-corrected chi connectivity index (χ1v) is 8.21. The molecule has 0 fully saturated rings. The Morgan fingerprint density at radius 1 is 0.923 bits per heavy atom. The maximum absolute atomic E-state index is 5.36. The van der Waals surface area contributed by atoms with Gasteiger partial charge in [0.2, 0.25) is 5.95 Å².